The molecule has 2 nitrogen and oxygen atoms in total. The molecule has 0 amide bonds. The van der Waals surface area contributed by atoms with Gasteiger partial charge < -0.3 is 10.2 Å². The molecule has 0 aliphatic carbocycles. The number of aliphatic hydroxyl groups is 2. The van der Waals surface area contributed by atoms with Gasteiger partial charge in [-0.2, -0.15) is 0 Å². The summed E-state index contributed by atoms with van der Waals surface area (Å²) in [7, 11) is 0. The highest BCUT2D eigenvalue weighted by Gasteiger charge is 2.23. The second-order valence-corrected chi connectivity index (χ2v) is 5.28. The van der Waals surface area contributed by atoms with Gasteiger partial charge in [-0.05, 0) is 22.8 Å². The van der Waals surface area contributed by atoms with E-state index in [1.807, 2.05) is 43.5 Å². The summed E-state index contributed by atoms with van der Waals surface area (Å²) in [6, 6.07) is 7.84. The van der Waals surface area contributed by atoms with Gasteiger partial charge in [0.25, 0.3) is 0 Å². The molecule has 0 aliphatic rings. The number of fused-ring (bicyclic) bond motifs is 1. The summed E-state index contributed by atoms with van der Waals surface area (Å²) >= 11 is 1.60. The van der Waals surface area contributed by atoms with Crippen molar-refractivity contribution in [2.45, 2.75) is 26.1 Å². The standard InChI is InChI=1S/C13H16O2S/c1-8(2)11(14)12(15)10-5-3-4-9-6-7-16-13(9)10/h3-8,11-12,14-15H,1-2H3. The van der Waals surface area contributed by atoms with E-state index in [9.17, 15) is 10.2 Å². The zero-order valence-electron chi connectivity index (χ0n) is 9.42. The lowest BCUT2D eigenvalue weighted by atomic mass is 9.95. The Morgan fingerprint density at radius 3 is 2.56 bits per heavy atom. The highest BCUT2D eigenvalue weighted by molar-refractivity contribution is 7.17. The van der Waals surface area contributed by atoms with Crippen LogP contribution in [0.1, 0.15) is 25.5 Å². The monoisotopic (exact) mass is 236 g/mol. The second-order valence-electron chi connectivity index (χ2n) is 4.37. The van der Waals surface area contributed by atoms with Crippen molar-refractivity contribution < 1.29 is 10.2 Å². The van der Waals surface area contributed by atoms with Crippen LogP contribution >= 0.6 is 11.3 Å². The Morgan fingerprint density at radius 1 is 1.12 bits per heavy atom. The van der Waals surface area contributed by atoms with E-state index in [1.165, 1.54) is 0 Å². The van der Waals surface area contributed by atoms with Crippen LogP contribution in [0.2, 0.25) is 0 Å². The molecule has 1 heterocycles. The van der Waals surface area contributed by atoms with Gasteiger partial charge in [0, 0.05) is 10.3 Å². The van der Waals surface area contributed by atoms with Crippen LogP contribution in [-0.2, 0) is 0 Å². The first-order valence-electron chi connectivity index (χ1n) is 5.43. The maximum atomic E-state index is 10.1. The van der Waals surface area contributed by atoms with Crippen molar-refractivity contribution in [3.8, 4) is 0 Å². The molecule has 0 bridgehead atoms. The molecule has 2 N–H and O–H groups in total. The Kier molecular flexibility index (Phi) is 3.28. The van der Waals surface area contributed by atoms with Gasteiger partial charge in [0.1, 0.15) is 6.10 Å². The second kappa shape index (κ2) is 4.53. The van der Waals surface area contributed by atoms with E-state index in [-0.39, 0.29) is 5.92 Å². The highest BCUT2D eigenvalue weighted by atomic mass is 32.1. The Bertz CT molecular complexity index is 475. The van der Waals surface area contributed by atoms with Gasteiger partial charge in [-0.1, -0.05) is 32.0 Å². The van der Waals surface area contributed by atoms with E-state index in [1.54, 1.807) is 11.3 Å². The number of hydrogen-bond donors (Lipinski definition) is 2. The van der Waals surface area contributed by atoms with Crippen LogP contribution in [0.4, 0.5) is 0 Å². The molecular weight excluding hydrogens is 220 g/mol. The number of benzene rings is 1. The summed E-state index contributed by atoms with van der Waals surface area (Å²) < 4.78 is 1.06. The molecule has 0 saturated heterocycles. The summed E-state index contributed by atoms with van der Waals surface area (Å²) in [6.07, 6.45) is -1.52. The SMILES string of the molecule is CC(C)C(O)C(O)c1cccc2ccsc12. The lowest BCUT2D eigenvalue weighted by Crippen LogP contribution is -2.23. The van der Waals surface area contributed by atoms with Crippen molar-refractivity contribution >= 4 is 21.4 Å². The largest absolute Gasteiger partial charge is 0.390 e. The Hall–Kier alpha value is -0.900. The zero-order valence-corrected chi connectivity index (χ0v) is 10.2. The van der Waals surface area contributed by atoms with Crippen molar-refractivity contribution in [2.75, 3.05) is 0 Å². The summed E-state index contributed by atoms with van der Waals surface area (Å²) in [5.41, 5.74) is 0.828. The normalized spacial score (nSPS) is 15.6. The molecule has 0 saturated carbocycles. The molecular formula is C13H16O2S. The van der Waals surface area contributed by atoms with Crippen molar-refractivity contribution in [3.63, 3.8) is 0 Å². The van der Waals surface area contributed by atoms with Gasteiger partial charge in [0.2, 0.25) is 0 Å². The third-order valence-corrected chi connectivity index (χ3v) is 3.81. The average molecular weight is 236 g/mol. The van der Waals surface area contributed by atoms with Crippen LogP contribution in [0.15, 0.2) is 29.6 Å². The first-order chi connectivity index (χ1) is 7.61. The Labute approximate surface area is 99.2 Å². The van der Waals surface area contributed by atoms with Crippen LogP contribution < -0.4 is 0 Å². The zero-order chi connectivity index (χ0) is 11.7. The van der Waals surface area contributed by atoms with Crippen molar-refractivity contribution in [2.24, 2.45) is 5.92 Å². The molecule has 2 rings (SSSR count). The molecule has 0 aliphatic heterocycles. The Morgan fingerprint density at radius 2 is 1.88 bits per heavy atom. The van der Waals surface area contributed by atoms with E-state index in [4.69, 9.17) is 0 Å². The van der Waals surface area contributed by atoms with Gasteiger partial charge in [0.15, 0.2) is 0 Å². The van der Waals surface area contributed by atoms with E-state index < -0.39 is 12.2 Å². The fraction of sp³-hybridized carbons (Fsp3) is 0.385. The quantitative estimate of drug-likeness (QED) is 0.860. The molecule has 2 aromatic rings. The minimum atomic E-state index is -0.803. The number of thiophene rings is 1. The van der Waals surface area contributed by atoms with Crippen molar-refractivity contribution in [1.29, 1.82) is 0 Å². The molecule has 1 aromatic heterocycles. The molecule has 16 heavy (non-hydrogen) atoms. The predicted molar refractivity (Wildman–Crippen MR) is 67.6 cm³/mol. The maximum absolute atomic E-state index is 10.1. The predicted octanol–water partition coefficient (Wildman–Crippen LogP) is 2.95. The van der Waals surface area contributed by atoms with Crippen LogP contribution in [-0.4, -0.2) is 16.3 Å². The average Bonchev–Trinajstić information content (AvgIpc) is 2.74. The van der Waals surface area contributed by atoms with E-state index in [2.05, 4.69) is 0 Å². The first kappa shape index (κ1) is 11.6. The van der Waals surface area contributed by atoms with E-state index in [0.717, 1.165) is 15.6 Å². The van der Waals surface area contributed by atoms with Gasteiger partial charge in [0.05, 0.1) is 6.10 Å². The fourth-order valence-corrected chi connectivity index (χ4v) is 2.75. The third kappa shape index (κ3) is 1.98. The molecule has 1 aromatic carbocycles. The third-order valence-electron chi connectivity index (χ3n) is 2.83. The van der Waals surface area contributed by atoms with Crippen LogP contribution in [0.25, 0.3) is 10.1 Å². The van der Waals surface area contributed by atoms with Gasteiger partial charge in [-0.25, -0.2) is 0 Å². The first-order valence-corrected chi connectivity index (χ1v) is 6.31. The topological polar surface area (TPSA) is 40.5 Å². The molecule has 2 atom stereocenters. The van der Waals surface area contributed by atoms with Gasteiger partial charge in [-0.3, -0.25) is 0 Å². The van der Waals surface area contributed by atoms with E-state index >= 15 is 0 Å². The molecule has 0 radical (unpaired) electrons. The van der Waals surface area contributed by atoms with Crippen LogP contribution in [0.3, 0.4) is 0 Å². The van der Waals surface area contributed by atoms with Crippen molar-refractivity contribution in [1.82, 2.24) is 0 Å². The Balaban J connectivity index is 2.42. The van der Waals surface area contributed by atoms with E-state index in [0.29, 0.717) is 0 Å². The summed E-state index contributed by atoms with van der Waals surface area (Å²) in [6.45, 7) is 3.81. The summed E-state index contributed by atoms with van der Waals surface area (Å²) in [5, 5.41) is 23.2. The number of hydrogen-bond acceptors (Lipinski definition) is 3. The van der Waals surface area contributed by atoms with Crippen LogP contribution in [0, 0.1) is 5.92 Å². The molecule has 2 unspecified atom stereocenters. The molecule has 3 heteroatoms. The molecule has 86 valence electrons. The molecule has 0 spiro atoms. The van der Waals surface area contributed by atoms with Gasteiger partial charge >= 0.3 is 0 Å². The van der Waals surface area contributed by atoms with Crippen molar-refractivity contribution in [3.05, 3.63) is 35.2 Å². The lowest BCUT2D eigenvalue weighted by Gasteiger charge is -2.21. The molecule has 0 fully saturated rings. The fourth-order valence-electron chi connectivity index (χ4n) is 1.80. The smallest absolute Gasteiger partial charge is 0.106 e. The maximum Gasteiger partial charge on any atom is 0.106 e. The number of rotatable bonds is 3. The summed E-state index contributed by atoms with van der Waals surface area (Å²) in [5.74, 6) is 0.0465. The van der Waals surface area contributed by atoms with Crippen LogP contribution in [0.5, 0.6) is 0 Å². The highest BCUT2D eigenvalue weighted by Crippen LogP contribution is 2.31. The lowest BCUT2D eigenvalue weighted by molar-refractivity contribution is -0.00853. The minimum Gasteiger partial charge on any atom is -0.390 e. The number of aliphatic hydroxyl groups excluding tert-OH is 2. The minimum absolute atomic E-state index is 0.0465. The van der Waals surface area contributed by atoms with Gasteiger partial charge in [-0.15, -0.1) is 11.3 Å². The summed E-state index contributed by atoms with van der Waals surface area (Å²) in [4.78, 5) is 0.